The molecule has 0 spiro atoms. The Labute approximate surface area is 177 Å². The van der Waals surface area contributed by atoms with Crippen LogP contribution in [0.3, 0.4) is 0 Å². The number of rotatable bonds is 7. The van der Waals surface area contributed by atoms with Crippen LogP contribution >= 0.6 is 0 Å². The number of hydrogen-bond acceptors (Lipinski definition) is 4. The van der Waals surface area contributed by atoms with Gasteiger partial charge in [-0.3, -0.25) is 4.79 Å². The van der Waals surface area contributed by atoms with Crippen molar-refractivity contribution in [3.8, 4) is 5.75 Å². The third kappa shape index (κ3) is 5.07. The second-order valence-electron chi connectivity index (χ2n) is 8.43. The second-order valence-corrected chi connectivity index (χ2v) is 8.43. The highest BCUT2D eigenvalue weighted by Gasteiger charge is 2.32. The summed E-state index contributed by atoms with van der Waals surface area (Å²) in [4.78, 5) is 19.7. The van der Waals surface area contributed by atoms with Gasteiger partial charge < -0.3 is 20.1 Å². The Morgan fingerprint density at radius 3 is 2.17 bits per heavy atom. The zero-order chi connectivity index (χ0) is 21.8. The first-order valence-electron chi connectivity index (χ1n) is 9.99. The molecule has 3 aromatic rings. The van der Waals surface area contributed by atoms with Gasteiger partial charge in [0.05, 0.1) is 19.1 Å². The normalized spacial score (nSPS) is 13.5. The fourth-order valence-corrected chi connectivity index (χ4v) is 3.37. The molecule has 0 radical (unpaired) electrons. The van der Waals surface area contributed by atoms with Crippen LogP contribution in [0, 0.1) is 0 Å². The van der Waals surface area contributed by atoms with Gasteiger partial charge in [0.25, 0.3) is 5.91 Å². The SMILES string of the molecule is COc1ccc(C(O)(CCc2c[nH]cn2)c2ccc(C(=O)NC(C)(C)C)cc2)cc1. The Morgan fingerprint density at radius 1 is 1.07 bits per heavy atom. The van der Waals surface area contributed by atoms with Crippen molar-refractivity contribution >= 4 is 5.91 Å². The number of H-pyrrole nitrogens is 1. The van der Waals surface area contributed by atoms with Gasteiger partial charge >= 0.3 is 0 Å². The highest BCUT2D eigenvalue weighted by Crippen LogP contribution is 2.35. The minimum atomic E-state index is -1.23. The second kappa shape index (κ2) is 8.71. The number of ether oxygens (including phenoxy) is 1. The molecule has 0 aliphatic carbocycles. The molecule has 3 rings (SSSR count). The standard InChI is InChI=1S/C24H29N3O3/c1-23(2,3)27-22(28)17-5-7-18(8-6-17)24(29,14-13-20-15-25-16-26-20)19-9-11-21(30-4)12-10-19/h5-12,15-16,29H,13-14H2,1-4H3,(H,25,26)(H,27,28). The first-order valence-corrected chi connectivity index (χ1v) is 9.99. The Balaban J connectivity index is 1.91. The van der Waals surface area contributed by atoms with Crippen molar-refractivity contribution in [3.63, 3.8) is 0 Å². The zero-order valence-electron chi connectivity index (χ0n) is 17.9. The van der Waals surface area contributed by atoms with Crippen LogP contribution in [0.1, 0.15) is 54.4 Å². The minimum absolute atomic E-state index is 0.140. The van der Waals surface area contributed by atoms with Crippen LogP contribution in [0.5, 0.6) is 5.75 Å². The number of aromatic nitrogens is 2. The maximum absolute atomic E-state index is 12.4. The summed E-state index contributed by atoms with van der Waals surface area (Å²) in [6.07, 6.45) is 4.49. The molecule has 2 aromatic carbocycles. The van der Waals surface area contributed by atoms with E-state index in [9.17, 15) is 9.90 Å². The largest absolute Gasteiger partial charge is 0.497 e. The topological polar surface area (TPSA) is 87.2 Å². The molecule has 0 saturated heterocycles. The first kappa shape index (κ1) is 21.6. The lowest BCUT2D eigenvalue weighted by atomic mass is 9.82. The summed E-state index contributed by atoms with van der Waals surface area (Å²) in [7, 11) is 1.61. The monoisotopic (exact) mass is 407 g/mol. The van der Waals surface area contributed by atoms with Crippen LogP contribution in [-0.4, -0.2) is 33.6 Å². The van der Waals surface area contributed by atoms with Crippen molar-refractivity contribution in [1.29, 1.82) is 0 Å². The van der Waals surface area contributed by atoms with E-state index in [2.05, 4.69) is 15.3 Å². The van der Waals surface area contributed by atoms with Gasteiger partial charge in [0, 0.05) is 17.3 Å². The summed E-state index contributed by atoms with van der Waals surface area (Å²) in [5.74, 6) is 0.584. The summed E-state index contributed by atoms with van der Waals surface area (Å²) < 4.78 is 5.25. The molecule has 1 heterocycles. The van der Waals surface area contributed by atoms with Gasteiger partial charge in [-0.05, 0) is 69.0 Å². The molecule has 1 aromatic heterocycles. The summed E-state index contributed by atoms with van der Waals surface area (Å²) in [5, 5.41) is 14.7. The molecule has 3 N–H and O–H groups in total. The van der Waals surface area contributed by atoms with E-state index in [0.29, 0.717) is 18.4 Å². The summed E-state index contributed by atoms with van der Waals surface area (Å²) >= 11 is 0. The lowest BCUT2D eigenvalue weighted by Gasteiger charge is -2.30. The van der Waals surface area contributed by atoms with Crippen LogP contribution in [0.4, 0.5) is 0 Å². The van der Waals surface area contributed by atoms with Crippen molar-refractivity contribution in [3.05, 3.63) is 83.4 Å². The third-order valence-corrected chi connectivity index (χ3v) is 4.98. The molecule has 1 unspecified atom stereocenters. The van der Waals surface area contributed by atoms with Crippen LogP contribution in [0.2, 0.25) is 0 Å². The summed E-state index contributed by atoms with van der Waals surface area (Å²) in [6.45, 7) is 5.82. The molecular weight excluding hydrogens is 378 g/mol. The van der Waals surface area contributed by atoms with Gasteiger partial charge in [0.2, 0.25) is 0 Å². The smallest absolute Gasteiger partial charge is 0.251 e. The number of aryl methyl sites for hydroxylation is 1. The molecule has 0 saturated carbocycles. The molecule has 1 atom stereocenters. The molecule has 158 valence electrons. The number of aromatic amines is 1. The molecule has 6 nitrogen and oxygen atoms in total. The maximum atomic E-state index is 12.4. The number of imidazole rings is 1. The van der Waals surface area contributed by atoms with Crippen molar-refractivity contribution in [1.82, 2.24) is 15.3 Å². The van der Waals surface area contributed by atoms with Crippen LogP contribution in [0.25, 0.3) is 0 Å². The maximum Gasteiger partial charge on any atom is 0.251 e. The Morgan fingerprint density at radius 2 is 1.67 bits per heavy atom. The minimum Gasteiger partial charge on any atom is -0.497 e. The van der Waals surface area contributed by atoms with E-state index in [1.54, 1.807) is 25.6 Å². The number of benzene rings is 2. The van der Waals surface area contributed by atoms with Crippen LogP contribution < -0.4 is 10.1 Å². The first-order chi connectivity index (χ1) is 14.2. The molecule has 0 aliphatic rings. The van der Waals surface area contributed by atoms with E-state index in [-0.39, 0.29) is 11.4 Å². The van der Waals surface area contributed by atoms with Gasteiger partial charge in [-0.15, -0.1) is 0 Å². The van der Waals surface area contributed by atoms with Crippen LogP contribution in [-0.2, 0) is 12.0 Å². The van der Waals surface area contributed by atoms with Crippen LogP contribution in [0.15, 0.2) is 61.1 Å². The number of methoxy groups -OCH3 is 1. The molecule has 0 fully saturated rings. The number of amides is 1. The highest BCUT2D eigenvalue weighted by atomic mass is 16.5. The van der Waals surface area contributed by atoms with Crippen molar-refractivity contribution in [2.24, 2.45) is 0 Å². The van der Waals surface area contributed by atoms with Gasteiger partial charge in [-0.2, -0.15) is 0 Å². The van der Waals surface area contributed by atoms with Gasteiger partial charge in [0.1, 0.15) is 11.4 Å². The average Bonchev–Trinajstić information content (AvgIpc) is 3.25. The molecular formula is C24H29N3O3. The Hall–Kier alpha value is -3.12. The number of hydrogen-bond donors (Lipinski definition) is 3. The van der Waals surface area contributed by atoms with E-state index in [4.69, 9.17) is 4.74 Å². The third-order valence-electron chi connectivity index (χ3n) is 4.98. The average molecular weight is 408 g/mol. The van der Waals surface area contributed by atoms with Gasteiger partial charge in [0.15, 0.2) is 0 Å². The molecule has 0 aliphatic heterocycles. The van der Waals surface area contributed by atoms with Gasteiger partial charge in [-0.1, -0.05) is 24.3 Å². The number of nitrogens with one attached hydrogen (secondary N) is 2. The van der Waals surface area contributed by atoms with E-state index >= 15 is 0 Å². The zero-order valence-corrected chi connectivity index (χ0v) is 17.9. The lowest BCUT2D eigenvalue weighted by molar-refractivity contribution is 0.0709. The van der Waals surface area contributed by atoms with E-state index in [1.165, 1.54) is 0 Å². The summed E-state index contributed by atoms with van der Waals surface area (Å²) in [6, 6.07) is 14.5. The lowest BCUT2D eigenvalue weighted by Crippen LogP contribution is -2.40. The number of aliphatic hydroxyl groups is 1. The van der Waals surface area contributed by atoms with E-state index in [1.807, 2.05) is 63.4 Å². The molecule has 1 amide bonds. The fourth-order valence-electron chi connectivity index (χ4n) is 3.37. The van der Waals surface area contributed by atoms with Crippen molar-refractivity contribution in [2.75, 3.05) is 7.11 Å². The van der Waals surface area contributed by atoms with E-state index in [0.717, 1.165) is 22.6 Å². The molecule has 0 bridgehead atoms. The Bertz CT molecular complexity index is 958. The predicted octanol–water partition coefficient (Wildman–Crippen LogP) is 3.82. The van der Waals surface area contributed by atoms with Gasteiger partial charge in [-0.25, -0.2) is 4.98 Å². The molecule has 30 heavy (non-hydrogen) atoms. The number of nitrogens with zero attached hydrogens (tertiary/aromatic N) is 1. The quantitative estimate of drug-likeness (QED) is 0.556. The number of carbonyl (C=O) groups is 1. The predicted molar refractivity (Wildman–Crippen MR) is 117 cm³/mol. The Kier molecular flexibility index (Phi) is 6.27. The fraction of sp³-hybridized carbons (Fsp3) is 0.333. The van der Waals surface area contributed by atoms with Crippen molar-refractivity contribution < 1.29 is 14.6 Å². The summed E-state index contributed by atoms with van der Waals surface area (Å²) in [5.41, 5.74) is 1.36. The van der Waals surface area contributed by atoms with Crippen molar-refractivity contribution in [2.45, 2.75) is 44.8 Å². The number of carbonyl (C=O) groups excluding carboxylic acids is 1. The highest BCUT2D eigenvalue weighted by molar-refractivity contribution is 5.94. The molecule has 6 heteroatoms. The van der Waals surface area contributed by atoms with E-state index < -0.39 is 5.60 Å².